The summed E-state index contributed by atoms with van der Waals surface area (Å²) in [5.74, 6) is -0.0551. The molecular weight excluding hydrogens is 194 g/mol. The quantitative estimate of drug-likeness (QED) is 0.639. The first-order valence-corrected chi connectivity index (χ1v) is 5.70. The van der Waals surface area contributed by atoms with E-state index in [-0.39, 0.29) is 11.9 Å². The smallest absolute Gasteiger partial charge is 0.308 e. The summed E-state index contributed by atoms with van der Waals surface area (Å²) in [4.78, 5) is 13.6. The number of hydrogen-bond donors (Lipinski definition) is 0. The van der Waals surface area contributed by atoms with Gasteiger partial charge in [-0.25, -0.2) is 0 Å². The van der Waals surface area contributed by atoms with Crippen LogP contribution >= 0.6 is 0 Å². The normalized spacial score (nSPS) is 19.9. The zero-order chi connectivity index (χ0) is 11.1. The molecule has 0 amide bonds. The fraction of sp³-hybridized carbons (Fsp3) is 0.909. The van der Waals surface area contributed by atoms with Gasteiger partial charge in [0.15, 0.2) is 0 Å². The largest absolute Gasteiger partial charge is 0.464 e. The molecule has 1 rings (SSSR count). The Kier molecular flexibility index (Phi) is 5.65. The number of hydrogen-bond acceptors (Lipinski definition) is 4. The van der Waals surface area contributed by atoms with Crippen LogP contribution in [0.5, 0.6) is 0 Å². The van der Waals surface area contributed by atoms with Crippen molar-refractivity contribution in [2.45, 2.75) is 20.3 Å². The van der Waals surface area contributed by atoms with Gasteiger partial charge in [-0.1, -0.05) is 13.8 Å². The molecule has 4 heteroatoms. The van der Waals surface area contributed by atoms with Gasteiger partial charge in [0.2, 0.25) is 0 Å². The van der Waals surface area contributed by atoms with E-state index in [0.29, 0.717) is 6.61 Å². The van der Waals surface area contributed by atoms with E-state index in [1.165, 1.54) is 0 Å². The number of carbonyl (C=O) groups excluding carboxylic acids is 1. The lowest BCUT2D eigenvalue weighted by Gasteiger charge is -2.26. The van der Waals surface area contributed by atoms with Crippen molar-refractivity contribution >= 4 is 5.97 Å². The Morgan fingerprint density at radius 1 is 1.47 bits per heavy atom. The summed E-state index contributed by atoms with van der Waals surface area (Å²) >= 11 is 0. The maximum atomic E-state index is 11.4. The summed E-state index contributed by atoms with van der Waals surface area (Å²) in [7, 11) is 0. The summed E-state index contributed by atoms with van der Waals surface area (Å²) in [6.07, 6.45) is 0.844. The van der Waals surface area contributed by atoms with Crippen LogP contribution in [0.4, 0.5) is 0 Å². The first-order chi connectivity index (χ1) is 7.24. The van der Waals surface area contributed by atoms with Gasteiger partial charge in [-0.15, -0.1) is 0 Å². The van der Waals surface area contributed by atoms with Crippen molar-refractivity contribution in [1.29, 1.82) is 0 Å². The minimum Gasteiger partial charge on any atom is -0.464 e. The molecule has 0 aromatic carbocycles. The fourth-order valence-corrected chi connectivity index (χ4v) is 1.41. The molecule has 1 aliphatic heterocycles. The highest BCUT2D eigenvalue weighted by molar-refractivity contribution is 5.71. The van der Waals surface area contributed by atoms with Crippen LogP contribution in [0.25, 0.3) is 0 Å². The Bertz CT molecular complexity index is 190. The van der Waals surface area contributed by atoms with Gasteiger partial charge in [-0.3, -0.25) is 9.69 Å². The van der Waals surface area contributed by atoms with E-state index < -0.39 is 0 Å². The number of nitrogens with zero attached hydrogens (tertiary/aromatic N) is 1. The molecule has 0 saturated carbocycles. The highest BCUT2D eigenvalue weighted by Crippen LogP contribution is 2.03. The van der Waals surface area contributed by atoms with E-state index in [2.05, 4.69) is 4.90 Å². The van der Waals surface area contributed by atoms with Crippen LogP contribution in [0, 0.1) is 5.92 Å². The van der Waals surface area contributed by atoms with Gasteiger partial charge >= 0.3 is 5.97 Å². The Labute approximate surface area is 91.5 Å². The summed E-state index contributed by atoms with van der Waals surface area (Å²) in [6, 6.07) is 0. The lowest BCUT2D eigenvalue weighted by Crippen LogP contribution is -2.38. The second kappa shape index (κ2) is 6.80. The molecule has 1 aliphatic rings. The van der Waals surface area contributed by atoms with Crippen LogP contribution in [0.2, 0.25) is 0 Å². The van der Waals surface area contributed by atoms with E-state index in [9.17, 15) is 4.79 Å². The van der Waals surface area contributed by atoms with Gasteiger partial charge in [0.05, 0.1) is 19.1 Å². The highest BCUT2D eigenvalue weighted by Gasteiger charge is 2.13. The van der Waals surface area contributed by atoms with E-state index in [4.69, 9.17) is 9.47 Å². The third-order valence-corrected chi connectivity index (χ3v) is 2.77. The Balaban J connectivity index is 2.07. The van der Waals surface area contributed by atoms with Gasteiger partial charge in [-0.2, -0.15) is 0 Å². The second-order valence-corrected chi connectivity index (χ2v) is 3.93. The minimum atomic E-state index is -0.0780. The number of ether oxygens (including phenoxy) is 2. The summed E-state index contributed by atoms with van der Waals surface area (Å²) in [6.45, 7) is 8.69. The van der Waals surface area contributed by atoms with Crippen molar-refractivity contribution in [3.05, 3.63) is 0 Å². The Morgan fingerprint density at radius 2 is 2.13 bits per heavy atom. The number of morpholine rings is 1. The third-order valence-electron chi connectivity index (χ3n) is 2.77. The Morgan fingerprint density at radius 3 is 2.73 bits per heavy atom. The lowest BCUT2D eigenvalue weighted by molar-refractivity contribution is -0.148. The van der Waals surface area contributed by atoms with E-state index >= 15 is 0 Å². The van der Waals surface area contributed by atoms with E-state index in [1.54, 1.807) is 0 Å². The minimum absolute atomic E-state index is 0.0229. The lowest BCUT2D eigenvalue weighted by atomic mass is 10.1. The standard InChI is InChI=1S/C11H21NO3/c1-3-10(2)11(13)15-9-6-12-4-7-14-8-5-12/h10H,3-9H2,1-2H3/t10-/m1/s1. The average Bonchev–Trinajstić information content (AvgIpc) is 2.29. The molecule has 0 N–H and O–H groups in total. The predicted octanol–water partition coefficient (Wildman–Crippen LogP) is 0.908. The molecule has 1 heterocycles. The van der Waals surface area contributed by atoms with Crippen molar-refractivity contribution in [2.24, 2.45) is 5.92 Å². The molecule has 1 atom stereocenters. The van der Waals surface area contributed by atoms with E-state index in [1.807, 2.05) is 13.8 Å². The number of carbonyl (C=O) groups is 1. The van der Waals surface area contributed by atoms with Crippen molar-refractivity contribution in [1.82, 2.24) is 4.90 Å². The van der Waals surface area contributed by atoms with Crippen LogP contribution in [0.15, 0.2) is 0 Å². The number of rotatable bonds is 5. The van der Waals surface area contributed by atoms with Crippen molar-refractivity contribution in [2.75, 3.05) is 39.5 Å². The van der Waals surface area contributed by atoms with Crippen molar-refractivity contribution in [3.8, 4) is 0 Å². The molecule has 0 aromatic rings. The van der Waals surface area contributed by atoms with Crippen LogP contribution in [0.1, 0.15) is 20.3 Å². The van der Waals surface area contributed by atoms with Gasteiger partial charge in [-0.05, 0) is 6.42 Å². The second-order valence-electron chi connectivity index (χ2n) is 3.93. The van der Waals surface area contributed by atoms with Crippen molar-refractivity contribution < 1.29 is 14.3 Å². The molecule has 0 radical (unpaired) electrons. The van der Waals surface area contributed by atoms with Gasteiger partial charge in [0, 0.05) is 19.6 Å². The molecule has 0 bridgehead atoms. The molecule has 0 aromatic heterocycles. The maximum absolute atomic E-state index is 11.4. The Hall–Kier alpha value is -0.610. The molecule has 1 saturated heterocycles. The van der Waals surface area contributed by atoms with Gasteiger partial charge in [0.1, 0.15) is 6.61 Å². The molecular formula is C11H21NO3. The average molecular weight is 215 g/mol. The fourth-order valence-electron chi connectivity index (χ4n) is 1.41. The van der Waals surface area contributed by atoms with Gasteiger partial charge in [0.25, 0.3) is 0 Å². The molecule has 0 aliphatic carbocycles. The predicted molar refractivity (Wildman–Crippen MR) is 57.7 cm³/mol. The van der Waals surface area contributed by atoms with Crippen molar-refractivity contribution in [3.63, 3.8) is 0 Å². The van der Waals surface area contributed by atoms with Crippen LogP contribution < -0.4 is 0 Å². The SMILES string of the molecule is CC[C@@H](C)C(=O)OCCN1CCOCC1. The van der Waals surface area contributed by atoms with Gasteiger partial charge < -0.3 is 9.47 Å². The van der Waals surface area contributed by atoms with E-state index in [0.717, 1.165) is 39.3 Å². The zero-order valence-corrected chi connectivity index (χ0v) is 9.70. The molecule has 1 fully saturated rings. The molecule has 88 valence electrons. The van der Waals surface area contributed by atoms with Crippen LogP contribution in [0.3, 0.4) is 0 Å². The summed E-state index contributed by atoms with van der Waals surface area (Å²) in [5.41, 5.74) is 0. The number of esters is 1. The monoisotopic (exact) mass is 215 g/mol. The maximum Gasteiger partial charge on any atom is 0.308 e. The first kappa shape index (κ1) is 12.5. The third kappa shape index (κ3) is 4.62. The highest BCUT2D eigenvalue weighted by atomic mass is 16.5. The summed E-state index contributed by atoms with van der Waals surface area (Å²) < 4.78 is 10.4. The van der Waals surface area contributed by atoms with Crippen LogP contribution in [-0.4, -0.2) is 50.3 Å². The summed E-state index contributed by atoms with van der Waals surface area (Å²) in [5, 5.41) is 0. The first-order valence-electron chi connectivity index (χ1n) is 5.70. The zero-order valence-electron chi connectivity index (χ0n) is 9.70. The van der Waals surface area contributed by atoms with Crippen LogP contribution in [-0.2, 0) is 14.3 Å². The molecule has 0 unspecified atom stereocenters. The molecule has 15 heavy (non-hydrogen) atoms. The molecule has 4 nitrogen and oxygen atoms in total. The molecule has 0 spiro atoms. The topological polar surface area (TPSA) is 38.8 Å².